The van der Waals surface area contributed by atoms with Gasteiger partial charge in [0.1, 0.15) is 0 Å². The van der Waals surface area contributed by atoms with Gasteiger partial charge >= 0.3 is 0 Å². The van der Waals surface area contributed by atoms with Gasteiger partial charge in [-0.1, -0.05) is 13.8 Å². The van der Waals surface area contributed by atoms with E-state index in [1.807, 2.05) is 6.92 Å². The summed E-state index contributed by atoms with van der Waals surface area (Å²) < 4.78 is 5.70. The zero-order valence-electron chi connectivity index (χ0n) is 10.1. The zero-order valence-corrected chi connectivity index (χ0v) is 10.1. The van der Waals surface area contributed by atoms with Crippen LogP contribution in [0, 0.1) is 5.92 Å². The Balaban J connectivity index is 2.86. The average Bonchev–Trinajstić information content (AvgIpc) is 2.30. The summed E-state index contributed by atoms with van der Waals surface area (Å²) in [6.45, 7) is 6.82. The minimum atomic E-state index is -0.131. The first kappa shape index (κ1) is 13.0. The first-order chi connectivity index (χ1) is 7.70. The third-order valence-electron chi connectivity index (χ3n) is 2.43. The average molecular weight is 224 g/mol. The number of nitrogens with zero attached hydrogens (tertiary/aromatic N) is 2. The van der Waals surface area contributed by atoms with Gasteiger partial charge < -0.3 is 4.74 Å². The third kappa shape index (κ3) is 3.23. The molecule has 90 valence electrons. The maximum atomic E-state index is 5.70. The molecule has 2 atom stereocenters. The number of hydrogen-bond acceptors (Lipinski definition) is 5. The molecule has 1 rings (SSSR count). The van der Waals surface area contributed by atoms with Crippen LogP contribution in [-0.4, -0.2) is 22.7 Å². The molecule has 2 unspecified atom stereocenters. The maximum absolute atomic E-state index is 5.70. The Morgan fingerprint density at radius 3 is 2.62 bits per heavy atom. The molecule has 0 aliphatic heterocycles. The van der Waals surface area contributed by atoms with E-state index in [4.69, 9.17) is 10.6 Å². The van der Waals surface area contributed by atoms with E-state index in [2.05, 4.69) is 29.2 Å². The van der Waals surface area contributed by atoms with E-state index < -0.39 is 0 Å². The molecule has 1 aromatic heterocycles. The molecule has 5 nitrogen and oxygen atoms in total. The highest BCUT2D eigenvalue weighted by Crippen LogP contribution is 2.22. The molecule has 3 N–H and O–H groups in total. The van der Waals surface area contributed by atoms with Gasteiger partial charge in [-0.3, -0.25) is 15.8 Å². The number of hydrogen-bond donors (Lipinski definition) is 2. The lowest BCUT2D eigenvalue weighted by atomic mass is 9.97. The summed E-state index contributed by atoms with van der Waals surface area (Å²) >= 11 is 0. The zero-order chi connectivity index (χ0) is 12.0. The van der Waals surface area contributed by atoms with Crippen LogP contribution in [0.4, 0.5) is 0 Å². The number of nitrogens with two attached hydrogens (primary N) is 1. The number of rotatable bonds is 6. The van der Waals surface area contributed by atoms with Crippen molar-refractivity contribution in [3.05, 3.63) is 24.3 Å². The molecule has 0 amide bonds. The van der Waals surface area contributed by atoms with E-state index in [1.54, 1.807) is 18.6 Å². The van der Waals surface area contributed by atoms with Crippen molar-refractivity contribution in [3.8, 4) is 0 Å². The van der Waals surface area contributed by atoms with E-state index in [0.29, 0.717) is 12.5 Å². The first-order valence-corrected chi connectivity index (χ1v) is 5.54. The lowest BCUT2D eigenvalue weighted by molar-refractivity contribution is 0.00168. The second-order valence-corrected chi connectivity index (χ2v) is 3.94. The van der Waals surface area contributed by atoms with Crippen molar-refractivity contribution in [1.29, 1.82) is 0 Å². The van der Waals surface area contributed by atoms with Gasteiger partial charge in [-0.05, 0) is 12.8 Å². The smallest absolute Gasteiger partial charge is 0.0911 e. The summed E-state index contributed by atoms with van der Waals surface area (Å²) in [6.07, 6.45) is 5.00. The van der Waals surface area contributed by atoms with Crippen LogP contribution in [0.5, 0.6) is 0 Å². The molecular formula is C11H20N4O. The fraction of sp³-hybridized carbons (Fsp3) is 0.636. The molecule has 0 bridgehead atoms. The summed E-state index contributed by atoms with van der Waals surface area (Å²) in [4.78, 5) is 8.29. The minimum Gasteiger partial charge on any atom is -0.376 e. The molecule has 0 aromatic carbocycles. The Bertz CT molecular complexity index is 291. The molecule has 5 heteroatoms. The number of hydrazine groups is 1. The van der Waals surface area contributed by atoms with Crippen molar-refractivity contribution in [1.82, 2.24) is 15.4 Å². The molecular weight excluding hydrogens is 204 g/mol. The molecule has 1 heterocycles. The van der Waals surface area contributed by atoms with Gasteiger partial charge in [-0.2, -0.15) is 0 Å². The summed E-state index contributed by atoms with van der Waals surface area (Å²) in [6, 6.07) is -0.131. The van der Waals surface area contributed by atoms with Gasteiger partial charge in [0.15, 0.2) is 0 Å². The highest BCUT2D eigenvalue weighted by molar-refractivity contribution is 5.05. The Labute approximate surface area is 96.4 Å². The quantitative estimate of drug-likeness (QED) is 0.558. The van der Waals surface area contributed by atoms with Crippen LogP contribution in [0.3, 0.4) is 0 Å². The van der Waals surface area contributed by atoms with E-state index in [1.165, 1.54) is 0 Å². The predicted octanol–water partition coefficient (Wildman–Crippen LogP) is 1.04. The summed E-state index contributed by atoms with van der Waals surface area (Å²) in [5, 5.41) is 0. The second-order valence-electron chi connectivity index (χ2n) is 3.94. The van der Waals surface area contributed by atoms with Gasteiger partial charge in [0.05, 0.1) is 24.0 Å². The molecule has 0 spiro atoms. The SMILES string of the molecule is CCOC(C(C)C)C(NN)c1cnccn1. The van der Waals surface area contributed by atoms with E-state index in [9.17, 15) is 0 Å². The van der Waals surface area contributed by atoms with Crippen LogP contribution >= 0.6 is 0 Å². The maximum Gasteiger partial charge on any atom is 0.0911 e. The van der Waals surface area contributed by atoms with Gasteiger partial charge in [0.25, 0.3) is 0 Å². The highest BCUT2D eigenvalue weighted by Gasteiger charge is 2.26. The van der Waals surface area contributed by atoms with Gasteiger partial charge in [-0.25, -0.2) is 5.43 Å². The van der Waals surface area contributed by atoms with Crippen LogP contribution in [0.2, 0.25) is 0 Å². The van der Waals surface area contributed by atoms with Crippen LogP contribution in [0.25, 0.3) is 0 Å². The summed E-state index contributed by atoms with van der Waals surface area (Å²) in [7, 11) is 0. The molecule has 1 aromatic rings. The number of ether oxygens (including phenoxy) is 1. The largest absolute Gasteiger partial charge is 0.376 e. The Kier molecular flexibility index (Phi) is 5.31. The third-order valence-corrected chi connectivity index (χ3v) is 2.43. The fourth-order valence-corrected chi connectivity index (χ4v) is 1.69. The minimum absolute atomic E-state index is 0.00769. The molecule has 0 radical (unpaired) electrons. The normalized spacial score (nSPS) is 15.1. The van der Waals surface area contributed by atoms with Gasteiger partial charge in [0.2, 0.25) is 0 Å². The molecule has 0 saturated heterocycles. The number of aromatic nitrogens is 2. The van der Waals surface area contributed by atoms with E-state index in [0.717, 1.165) is 5.69 Å². The Morgan fingerprint density at radius 1 is 1.44 bits per heavy atom. The van der Waals surface area contributed by atoms with Crippen molar-refractivity contribution in [2.75, 3.05) is 6.61 Å². The Hall–Kier alpha value is -1.04. The van der Waals surface area contributed by atoms with Gasteiger partial charge in [-0.15, -0.1) is 0 Å². The van der Waals surface area contributed by atoms with Crippen LogP contribution in [0.15, 0.2) is 18.6 Å². The van der Waals surface area contributed by atoms with Crippen molar-refractivity contribution in [2.24, 2.45) is 11.8 Å². The first-order valence-electron chi connectivity index (χ1n) is 5.54. The van der Waals surface area contributed by atoms with Crippen LogP contribution in [-0.2, 0) is 4.74 Å². The lowest BCUT2D eigenvalue weighted by Crippen LogP contribution is -2.41. The topological polar surface area (TPSA) is 73.1 Å². The second kappa shape index (κ2) is 6.52. The van der Waals surface area contributed by atoms with E-state index in [-0.39, 0.29) is 12.1 Å². The van der Waals surface area contributed by atoms with E-state index >= 15 is 0 Å². The van der Waals surface area contributed by atoms with Crippen molar-refractivity contribution in [3.63, 3.8) is 0 Å². The standard InChI is InChI=1S/C11H20N4O/c1-4-16-11(8(2)3)10(15-12)9-7-13-5-6-14-9/h5-8,10-11,15H,4,12H2,1-3H3. The number of nitrogens with one attached hydrogen (secondary N) is 1. The van der Waals surface area contributed by atoms with Crippen LogP contribution < -0.4 is 11.3 Å². The summed E-state index contributed by atoms with van der Waals surface area (Å²) in [5.41, 5.74) is 3.56. The lowest BCUT2D eigenvalue weighted by Gasteiger charge is -2.28. The van der Waals surface area contributed by atoms with Crippen molar-refractivity contribution >= 4 is 0 Å². The fourth-order valence-electron chi connectivity index (χ4n) is 1.69. The predicted molar refractivity (Wildman–Crippen MR) is 62.3 cm³/mol. The molecule has 0 saturated carbocycles. The monoisotopic (exact) mass is 224 g/mol. The molecule has 16 heavy (non-hydrogen) atoms. The molecule has 0 aliphatic rings. The van der Waals surface area contributed by atoms with Crippen molar-refractivity contribution < 1.29 is 4.74 Å². The molecule has 0 fully saturated rings. The van der Waals surface area contributed by atoms with Crippen LogP contribution in [0.1, 0.15) is 32.5 Å². The van der Waals surface area contributed by atoms with Gasteiger partial charge in [0, 0.05) is 19.0 Å². The summed E-state index contributed by atoms with van der Waals surface area (Å²) in [5.74, 6) is 5.93. The van der Waals surface area contributed by atoms with Crippen molar-refractivity contribution in [2.45, 2.75) is 32.9 Å². The molecule has 0 aliphatic carbocycles. The Morgan fingerprint density at radius 2 is 2.19 bits per heavy atom. The highest BCUT2D eigenvalue weighted by atomic mass is 16.5.